The predicted octanol–water partition coefficient (Wildman–Crippen LogP) is 2.01. The second-order valence-electron chi connectivity index (χ2n) is 7.76. The summed E-state index contributed by atoms with van der Waals surface area (Å²) in [6.45, 7) is 6.10. The van der Waals surface area contributed by atoms with Gasteiger partial charge in [0.25, 0.3) is 5.91 Å². The summed E-state index contributed by atoms with van der Waals surface area (Å²) in [4.78, 5) is 17.3. The van der Waals surface area contributed by atoms with Crippen molar-refractivity contribution in [1.82, 2.24) is 10.2 Å². The Labute approximate surface area is 174 Å². The minimum absolute atomic E-state index is 0.104. The molecular weight excluding hydrogens is 366 g/mol. The van der Waals surface area contributed by atoms with E-state index >= 15 is 0 Å². The van der Waals surface area contributed by atoms with E-state index < -0.39 is 0 Å². The lowest BCUT2D eigenvalue weighted by molar-refractivity contribution is -0.146. The van der Waals surface area contributed by atoms with Crippen molar-refractivity contribution in [3.63, 3.8) is 0 Å². The van der Waals surface area contributed by atoms with Gasteiger partial charge >= 0.3 is 0 Å². The Morgan fingerprint density at radius 3 is 2.86 bits per heavy atom. The van der Waals surface area contributed by atoms with E-state index in [2.05, 4.69) is 47.3 Å². The lowest BCUT2D eigenvalue weighted by Gasteiger charge is -2.30. The summed E-state index contributed by atoms with van der Waals surface area (Å²) < 4.78 is 10.9. The first-order valence-electron chi connectivity index (χ1n) is 10.5. The molecule has 1 atom stereocenters. The van der Waals surface area contributed by atoms with Crippen molar-refractivity contribution in [3.8, 4) is 11.8 Å². The maximum Gasteiger partial charge on any atom is 0.253 e. The van der Waals surface area contributed by atoms with Gasteiger partial charge in [-0.3, -0.25) is 4.79 Å². The van der Waals surface area contributed by atoms with Crippen LogP contribution in [0.25, 0.3) is 0 Å². The highest BCUT2D eigenvalue weighted by Crippen LogP contribution is 2.30. The van der Waals surface area contributed by atoms with Crippen molar-refractivity contribution in [3.05, 3.63) is 29.3 Å². The number of morpholine rings is 1. The Kier molecular flexibility index (Phi) is 7.93. The fourth-order valence-corrected chi connectivity index (χ4v) is 3.68. The average Bonchev–Trinajstić information content (AvgIpc) is 3.58. The highest BCUT2D eigenvalue weighted by molar-refractivity contribution is 5.82. The van der Waals surface area contributed by atoms with Crippen LogP contribution in [0, 0.1) is 11.8 Å². The van der Waals surface area contributed by atoms with Crippen LogP contribution in [0.15, 0.2) is 18.2 Å². The summed E-state index contributed by atoms with van der Waals surface area (Å²) in [6.07, 6.45) is 2.74. The molecule has 6 heteroatoms. The molecule has 2 aliphatic rings. The number of carbonyl (C=O) groups is 1. The number of hydrogen-bond acceptors (Lipinski definition) is 5. The number of rotatable bonds is 9. The minimum Gasteiger partial charge on any atom is -0.385 e. The van der Waals surface area contributed by atoms with Crippen LogP contribution in [0.1, 0.15) is 37.3 Å². The molecule has 0 unspecified atom stereocenters. The fraction of sp³-hybridized carbons (Fsp3) is 0.609. The van der Waals surface area contributed by atoms with Gasteiger partial charge < -0.3 is 24.6 Å². The Morgan fingerprint density at radius 2 is 2.21 bits per heavy atom. The highest BCUT2D eigenvalue weighted by Gasteiger charge is 2.36. The Morgan fingerprint density at radius 1 is 1.38 bits per heavy atom. The predicted molar refractivity (Wildman–Crippen MR) is 115 cm³/mol. The molecule has 1 aromatic rings. The molecule has 158 valence electrons. The number of anilines is 1. The van der Waals surface area contributed by atoms with Crippen molar-refractivity contribution in [2.75, 3.05) is 51.9 Å². The first-order valence-corrected chi connectivity index (χ1v) is 10.5. The van der Waals surface area contributed by atoms with Gasteiger partial charge in [0.1, 0.15) is 6.10 Å². The number of nitrogens with zero attached hydrogens (tertiary/aromatic N) is 2. The Bertz CT molecular complexity index is 745. The molecule has 2 fully saturated rings. The molecule has 0 aromatic heterocycles. The van der Waals surface area contributed by atoms with E-state index in [1.54, 1.807) is 7.11 Å². The van der Waals surface area contributed by atoms with Crippen molar-refractivity contribution < 1.29 is 14.3 Å². The zero-order chi connectivity index (χ0) is 20.6. The van der Waals surface area contributed by atoms with Crippen LogP contribution in [0.3, 0.4) is 0 Å². The molecule has 1 aliphatic carbocycles. The second-order valence-corrected chi connectivity index (χ2v) is 7.76. The van der Waals surface area contributed by atoms with Gasteiger partial charge in [-0.2, -0.15) is 0 Å². The molecule has 1 amide bonds. The van der Waals surface area contributed by atoms with Crippen molar-refractivity contribution in [1.29, 1.82) is 0 Å². The molecule has 29 heavy (non-hydrogen) atoms. The molecular formula is C23H33N3O3. The Hall–Kier alpha value is -2.07. The van der Waals surface area contributed by atoms with E-state index in [1.807, 2.05) is 11.8 Å². The number of carbonyl (C=O) groups excluding carboxylic acids is 1. The van der Waals surface area contributed by atoms with Crippen LogP contribution in [-0.4, -0.2) is 70.0 Å². The quantitative estimate of drug-likeness (QED) is 0.509. The highest BCUT2D eigenvalue weighted by atomic mass is 16.5. The van der Waals surface area contributed by atoms with E-state index in [1.165, 1.54) is 0 Å². The summed E-state index contributed by atoms with van der Waals surface area (Å²) >= 11 is 0. The molecule has 1 saturated heterocycles. The summed E-state index contributed by atoms with van der Waals surface area (Å²) in [6, 6.07) is 6.68. The van der Waals surface area contributed by atoms with E-state index in [4.69, 9.17) is 9.47 Å². The maximum absolute atomic E-state index is 13.1. The van der Waals surface area contributed by atoms with Crippen molar-refractivity contribution in [2.24, 2.45) is 0 Å². The lowest BCUT2D eigenvalue weighted by Crippen LogP contribution is -2.49. The molecule has 0 radical (unpaired) electrons. The molecule has 1 heterocycles. The second kappa shape index (κ2) is 10.6. The summed E-state index contributed by atoms with van der Waals surface area (Å²) in [5, 5.41) is 3.26. The van der Waals surface area contributed by atoms with Gasteiger partial charge in [0, 0.05) is 58.5 Å². The Balaban J connectivity index is 1.76. The van der Waals surface area contributed by atoms with E-state index in [0.29, 0.717) is 25.7 Å². The van der Waals surface area contributed by atoms with E-state index in [-0.39, 0.29) is 12.0 Å². The average molecular weight is 400 g/mol. The van der Waals surface area contributed by atoms with Crippen LogP contribution in [0.2, 0.25) is 0 Å². The topological polar surface area (TPSA) is 54.0 Å². The smallest absolute Gasteiger partial charge is 0.253 e. The third kappa shape index (κ3) is 5.96. The molecule has 1 N–H and O–H groups in total. The fourth-order valence-electron chi connectivity index (χ4n) is 3.68. The molecule has 3 rings (SSSR count). The van der Waals surface area contributed by atoms with Gasteiger partial charge in [0.2, 0.25) is 0 Å². The third-order valence-electron chi connectivity index (χ3n) is 5.40. The zero-order valence-electron chi connectivity index (χ0n) is 17.9. The van der Waals surface area contributed by atoms with E-state index in [0.717, 1.165) is 55.8 Å². The zero-order valence-corrected chi connectivity index (χ0v) is 17.9. The molecule has 1 aliphatic heterocycles. The number of amides is 1. The molecule has 6 nitrogen and oxygen atoms in total. The first kappa shape index (κ1) is 21.6. The monoisotopic (exact) mass is 399 g/mol. The van der Waals surface area contributed by atoms with E-state index in [9.17, 15) is 4.79 Å². The summed E-state index contributed by atoms with van der Waals surface area (Å²) in [5.74, 6) is 6.32. The van der Waals surface area contributed by atoms with Crippen molar-refractivity contribution >= 4 is 11.6 Å². The normalized spacial score (nSPS) is 18.7. The van der Waals surface area contributed by atoms with Crippen LogP contribution in [0.4, 0.5) is 5.69 Å². The van der Waals surface area contributed by atoms with Gasteiger partial charge in [0.15, 0.2) is 0 Å². The molecule has 1 saturated carbocycles. The van der Waals surface area contributed by atoms with Crippen molar-refractivity contribution in [2.45, 2.75) is 44.9 Å². The standard InChI is InChI=1S/C23H33N3O3/c1-4-6-19-8-7-18(15-21(19)25(2)12-5-13-28-3)17-26(20-9-10-20)23(27)22-16-24-11-14-29-22/h7-8,15,20,22,24H,5,9-14,16-17H2,1-3H3/t22-/m1/s1. The van der Waals surface area contributed by atoms with Crippen LogP contribution >= 0.6 is 0 Å². The van der Waals surface area contributed by atoms with Gasteiger partial charge in [-0.15, -0.1) is 5.92 Å². The number of nitrogens with one attached hydrogen (secondary N) is 1. The first-order chi connectivity index (χ1) is 14.1. The number of ether oxygens (including phenoxy) is 2. The van der Waals surface area contributed by atoms with Gasteiger partial charge in [-0.05, 0) is 43.9 Å². The number of hydrogen-bond donors (Lipinski definition) is 1. The lowest BCUT2D eigenvalue weighted by atomic mass is 10.1. The third-order valence-corrected chi connectivity index (χ3v) is 5.40. The van der Waals surface area contributed by atoms with Gasteiger partial charge in [-0.1, -0.05) is 12.0 Å². The van der Waals surface area contributed by atoms with Gasteiger partial charge in [0.05, 0.1) is 12.3 Å². The molecule has 0 bridgehead atoms. The maximum atomic E-state index is 13.1. The molecule has 1 aromatic carbocycles. The summed E-state index contributed by atoms with van der Waals surface area (Å²) in [7, 11) is 3.81. The van der Waals surface area contributed by atoms with Crippen LogP contribution in [-0.2, 0) is 20.8 Å². The number of methoxy groups -OCH3 is 1. The largest absolute Gasteiger partial charge is 0.385 e. The van der Waals surface area contributed by atoms with Crippen LogP contribution in [0.5, 0.6) is 0 Å². The number of benzene rings is 1. The van der Waals surface area contributed by atoms with Gasteiger partial charge in [-0.25, -0.2) is 0 Å². The molecule has 0 spiro atoms. The summed E-state index contributed by atoms with van der Waals surface area (Å²) in [5.41, 5.74) is 3.25. The SMILES string of the molecule is CC#Cc1ccc(CN(C(=O)[C@H]2CNCCO2)C2CC2)cc1N(C)CCCOC. The van der Waals surface area contributed by atoms with Crippen LogP contribution < -0.4 is 10.2 Å². The minimum atomic E-state index is -0.370.